The van der Waals surface area contributed by atoms with Crippen LogP contribution in [-0.2, 0) is 11.8 Å². The number of carboxylic acids is 1. The molecule has 1 aromatic rings. The summed E-state index contributed by atoms with van der Waals surface area (Å²) < 4.78 is 1.47. The number of carbonyl (C=O) groups is 2. The topological polar surface area (TPSA) is 84.2 Å². The van der Waals surface area contributed by atoms with E-state index < -0.39 is 11.9 Å². The molecule has 0 spiro atoms. The molecule has 1 aliphatic rings. The van der Waals surface area contributed by atoms with Crippen LogP contribution in [0.1, 0.15) is 29.8 Å². The highest BCUT2D eigenvalue weighted by Crippen LogP contribution is 2.26. The largest absolute Gasteiger partial charge is 0.481 e. The number of aromatic nitrogens is 2. The van der Waals surface area contributed by atoms with Crippen molar-refractivity contribution in [2.75, 3.05) is 0 Å². The first-order valence-electron chi connectivity index (χ1n) is 5.61. The van der Waals surface area contributed by atoms with Crippen LogP contribution in [0.4, 0.5) is 0 Å². The number of aryl methyl sites for hydroxylation is 1. The smallest absolute Gasteiger partial charge is 0.308 e. The average Bonchev–Trinajstić information content (AvgIpc) is 2.86. The molecule has 92 valence electrons. The van der Waals surface area contributed by atoms with Gasteiger partial charge in [0.15, 0.2) is 0 Å². The summed E-state index contributed by atoms with van der Waals surface area (Å²) >= 11 is 0. The van der Waals surface area contributed by atoms with Crippen LogP contribution in [0.3, 0.4) is 0 Å². The third-order valence-corrected chi connectivity index (χ3v) is 3.20. The van der Waals surface area contributed by atoms with Gasteiger partial charge in [0.25, 0.3) is 5.91 Å². The summed E-state index contributed by atoms with van der Waals surface area (Å²) in [5, 5.41) is 15.7. The molecule has 0 saturated heterocycles. The highest BCUT2D eigenvalue weighted by Gasteiger charge is 2.34. The van der Waals surface area contributed by atoms with Gasteiger partial charge in [0, 0.05) is 19.3 Å². The number of aliphatic carboxylic acids is 1. The van der Waals surface area contributed by atoms with E-state index >= 15 is 0 Å². The van der Waals surface area contributed by atoms with Crippen molar-refractivity contribution < 1.29 is 14.7 Å². The van der Waals surface area contributed by atoms with Crippen LogP contribution in [0.5, 0.6) is 0 Å². The Morgan fingerprint density at radius 2 is 2.29 bits per heavy atom. The Bertz CT molecular complexity index is 441. The second-order valence-electron chi connectivity index (χ2n) is 4.30. The van der Waals surface area contributed by atoms with Crippen LogP contribution < -0.4 is 5.32 Å². The second kappa shape index (κ2) is 4.57. The molecule has 1 aromatic heterocycles. The molecule has 2 atom stereocenters. The average molecular weight is 237 g/mol. The Kier molecular flexibility index (Phi) is 3.12. The van der Waals surface area contributed by atoms with Crippen LogP contribution in [0, 0.1) is 5.92 Å². The summed E-state index contributed by atoms with van der Waals surface area (Å²) in [5.41, 5.74) is 0.445. The second-order valence-corrected chi connectivity index (χ2v) is 4.30. The van der Waals surface area contributed by atoms with Crippen molar-refractivity contribution >= 4 is 11.9 Å². The van der Waals surface area contributed by atoms with E-state index in [-0.39, 0.29) is 11.9 Å². The molecule has 0 aromatic carbocycles. The predicted molar refractivity (Wildman–Crippen MR) is 59.4 cm³/mol. The molecular weight excluding hydrogens is 222 g/mol. The fourth-order valence-corrected chi connectivity index (χ4v) is 2.27. The summed E-state index contributed by atoms with van der Waals surface area (Å²) in [6.07, 6.45) is 3.73. The number of rotatable bonds is 3. The summed E-state index contributed by atoms with van der Waals surface area (Å²) in [6.45, 7) is 0. The van der Waals surface area contributed by atoms with E-state index in [1.165, 1.54) is 10.9 Å². The van der Waals surface area contributed by atoms with Gasteiger partial charge in [0.05, 0.1) is 5.92 Å². The monoisotopic (exact) mass is 237 g/mol. The first kappa shape index (κ1) is 11.6. The quantitative estimate of drug-likeness (QED) is 0.797. The van der Waals surface area contributed by atoms with Gasteiger partial charge < -0.3 is 10.4 Å². The number of nitrogens with zero attached hydrogens (tertiary/aromatic N) is 2. The van der Waals surface area contributed by atoms with Crippen molar-refractivity contribution in [3.8, 4) is 0 Å². The Balaban J connectivity index is 2.04. The molecule has 1 heterocycles. The SMILES string of the molecule is Cn1nccc1C(=O)NC1CCCC1C(=O)O. The molecule has 6 nitrogen and oxygen atoms in total. The van der Waals surface area contributed by atoms with Crippen molar-refractivity contribution in [2.24, 2.45) is 13.0 Å². The molecular formula is C11H15N3O3. The van der Waals surface area contributed by atoms with Crippen molar-refractivity contribution in [3.05, 3.63) is 18.0 Å². The number of hydrogen-bond acceptors (Lipinski definition) is 3. The van der Waals surface area contributed by atoms with E-state index in [4.69, 9.17) is 5.11 Å². The lowest BCUT2D eigenvalue weighted by molar-refractivity contribution is -0.142. The van der Waals surface area contributed by atoms with Gasteiger partial charge in [-0.1, -0.05) is 6.42 Å². The summed E-state index contributed by atoms with van der Waals surface area (Å²) in [5.74, 6) is -1.56. The van der Waals surface area contributed by atoms with Gasteiger partial charge >= 0.3 is 5.97 Å². The third-order valence-electron chi connectivity index (χ3n) is 3.20. The fourth-order valence-electron chi connectivity index (χ4n) is 2.27. The molecule has 2 N–H and O–H groups in total. The van der Waals surface area contributed by atoms with Gasteiger partial charge in [-0.25, -0.2) is 0 Å². The van der Waals surface area contributed by atoms with Gasteiger partial charge in [-0.05, 0) is 18.9 Å². The van der Waals surface area contributed by atoms with Crippen LogP contribution in [0.25, 0.3) is 0 Å². The van der Waals surface area contributed by atoms with Crippen molar-refractivity contribution in [1.82, 2.24) is 15.1 Å². The standard InChI is InChI=1S/C11H15N3O3/c1-14-9(5-6-12-14)10(15)13-8-4-2-3-7(8)11(16)17/h5-8H,2-4H2,1H3,(H,13,15)(H,16,17). The Morgan fingerprint density at radius 3 is 2.88 bits per heavy atom. The van der Waals surface area contributed by atoms with E-state index in [9.17, 15) is 9.59 Å². The van der Waals surface area contributed by atoms with Gasteiger partial charge in [0.2, 0.25) is 0 Å². The van der Waals surface area contributed by atoms with Gasteiger partial charge in [-0.15, -0.1) is 0 Å². The van der Waals surface area contributed by atoms with Gasteiger partial charge in [-0.2, -0.15) is 5.10 Å². The molecule has 0 bridgehead atoms. The zero-order valence-corrected chi connectivity index (χ0v) is 9.59. The first-order valence-corrected chi connectivity index (χ1v) is 5.61. The maximum absolute atomic E-state index is 11.9. The minimum atomic E-state index is -0.835. The van der Waals surface area contributed by atoms with E-state index in [1.54, 1.807) is 13.1 Å². The van der Waals surface area contributed by atoms with E-state index in [0.29, 0.717) is 12.1 Å². The highest BCUT2D eigenvalue weighted by molar-refractivity contribution is 5.93. The minimum absolute atomic E-state index is 0.261. The van der Waals surface area contributed by atoms with Crippen LogP contribution >= 0.6 is 0 Å². The zero-order valence-electron chi connectivity index (χ0n) is 9.59. The fraction of sp³-hybridized carbons (Fsp3) is 0.545. The maximum Gasteiger partial charge on any atom is 0.308 e. The predicted octanol–water partition coefficient (Wildman–Crippen LogP) is 0.403. The molecule has 1 fully saturated rings. The van der Waals surface area contributed by atoms with Crippen LogP contribution in [0.2, 0.25) is 0 Å². The summed E-state index contributed by atoms with van der Waals surface area (Å²) in [6, 6.07) is 1.34. The summed E-state index contributed by atoms with van der Waals surface area (Å²) in [4.78, 5) is 22.9. The Labute approximate surface area is 98.6 Å². The van der Waals surface area contributed by atoms with E-state index in [2.05, 4.69) is 10.4 Å². The molecule has 1 aliphatic carbocycles. The lowest BCUT2D eigenvalue weighted by atomic mass is 10.0. The van der Waals surface area contributed by atoms with Gasteiger partial charge in [0.1, 0.15) is 5.69 Å². The Morgan fingerprint density at radius 1 is 1.53 bits per heavy atom. The van der Waals surface area contributed by atoms with E-state index in [1.807, 2.05) is 0 Å². The van der Waals surface area contributed by atoms with Gasteiger partial charge in [-0.3, -0.25) is 14.3 Å². The lowest BCUT2D eigenvalue weighted by Crippen LogP contribution is -2.40. The molecule has 0 radical (unpaired) electrons. The molecule has 2 unspecified atom stereocenters. The van der Waals surface area contributed by atoms with Crippen molar-refractivity contribution in [2.45, 2.75) is 25.3 Å². The van der Waals surface area contributed by atoms with Crippen molar-refractivity contribution in [3.63, 3.8) is 0 Å². The molecule has 0 aliphatic heterocycles. The number of hydrogen-bond donors (Lipinski definition) is 2. The number of amides is 1. The minimum Gasteiger partial charge on any atom is -0.481 e. The molecule has 1 saturated carbocycles. The maximum atomic E-state index is 11.9. The molecule has 6 heteroatoms. The zero-order chi connectivity index (χ0) is 12.4. The highest BCUT2D eigenvalue weighted by atomic mass is 16.4. The summed E-state index contributed by atoms with van der Waals surface area (Å²) in [7, 11) is 1.68. The normalized spacial score (nSPS) is 23.6. The Hall–Kier alpha value is -1.85. The number of nitrogens with one attached hydrogen (secondary N) is 1. The molecule has 2 rings (SSSR count). The van der Waals surface area contributed by atoms with Crippen LogP contribution in [0.15, 0.2) is 12.3 Å². The molecule has 1 amide bonds. The number of carbonyl (C=O) groups excluding carboxylic acids is 1. The molecule has 17 heavy (non-hydrogen) atoms. The lowest BCUT2D eigenvalue weighted by Gasteiger charge is -2.17. The van der Waals surface area contributed by atoms with Crippen molar-refractivity contribution in [1.29, 1.82) is 0 Å². The third kappa shape index (κ3) is 2.30. The first-order chi connectivity index (χ1) is 8.09. The van der Waals surface area contributed by atoms with Crippen LogP contribution in [-0.4, -0.2) is 32.8 Å². The van der Waals surface area contributed by atoms with E-state index in [0.717, 1.165) is 12.8 Å². The number of carboxylic acid groups (broad SMARTS) is 1.